The predicted octanol–water partition coefficient (Wildman–Crippen LogP) is 2.82. The van der Waals surface area contributed by atoms with E-state index in [0.717, 1.165) is 25.3 Å². The average Bonchev–Trinajstić information content (AvgIpc) is 2.97. The number of ether oxygens (including phenoxy) is 1. The molecular formula is C20H27N3O. The zero-order valence-electron chi connectivity index (χ0n) is 14.8. The molecule has 0 saturated carbocycles. The van der Waals surface area contributed by atoms with Crippen LogP contribution >= 0.6 is 0 Å². The molecule has 2 aromatic rings. The van der Waals surface area contributed by atoms with Gasteiger partial charge >= 0.3 is 0 Å². The van der Waals surface area contributed by atoms with Crippen molar-refractivity contribution in [1.82, 2.24) is 4.90 Å². The Balaban J connectivity index is 1.73. The molecule has 1 unspecified atom stereocenters. The van der Waals surface area contributed by atoms with Gasteiger partial charge in [0, 0.05) is 45.5 Å². The number of anilines is 1. The third-order valence-electron chi connectivity index (χ3n) is 4.90. The van der Waals surface area contributed by atoms with Gasteiger partial charge < -0.3 is 15.4 Å². The van der Waals surface area contributed by atoms with Crippen LogP contribution in [0.25, 0.3) is 0 Å². The molecule has 128 valence electrons. The molecular weight excluding hydrogens is 298 g/mol. The van der Waals surface area contributed by atoms with Gasteiger partial charge in [0.1, 0.15) is 5.75 Å². The van der Waals surface area contributed by atoms with E-state index in [2.05, 4.69) is 54.2 Å². The van der Waals surface area contributed by atoms with Crippen LogP contribution in [0, 0.1) is 0 Å². The minimum absolute atomic E-state index is 0.318. The van der Waals surface area contributed by atoms with Crippen LogP contribution in [0.3, 0.4) is 0 Å². The van der Waals surface area contributed by atoms with Gasteiger partial charge in [0.2, 0.25) is 0 Å². The molecule has 2 aromatic carbocycles. The Morgan fingerprint density at radius 1 is 1.17 bits per heavy atom. The quantitative estimate of drug-likeness (QED) is 0.887. The predicted molar refractivity (Wildman–Crippen MR) is 99.7 cm³/mol. The van der Waals surface area contributed by atoms with Crippen LogP contribution in [0.5, 0.6) is 5.75 Å². The molecule has 24 heavy (non-hydrogen) atoms. The zero-order valence-corrected chi connectivity index (χ0v) is 14.8. The van der Waals surface area contributed by atoms with Crippen molar-refractivity contribution >= 4 is 5.69 Å². The van der Waals surface area contributed by atoms with Gasteiger partial charge in [-0.1, -0.05) is 24.3 Å². The third-order valence-corrected chi connectivity index (χ3v) is 4.90. The Morgan fingerprint density at radius 2 is 1.92 bits per heavy atom. The Labute approximate surface area is 144 Å². The highest BCUT2D eigenvalue weighted by molar-refractivity contribution is 5.58. The second kappa shape index (κ2) is 7.24. The largest absolute Gasteiger partial charge is 0.497 e. The van der Waals surface area contributed by atoms with E-state index in [9.17, 15) is 0 Å². The van der Waals surface area contributed by atoms with Gasteiger partial charge in [-0.25, -0.2) is 0 Å². The molecule has 1 heterocycles. The molecule has 4 heteroatoms. The first-order valence-corrected chi connectivity index (χ1v) is 8.50. The van der Waals surface area contributed by atoms with Gasteiger partial charge in [-0.3, -0.25) is 4.90 Å². The van der Waals surface area contributed by atoms with Gasteiger partial charge in [-0.05, 0) is 41.3 Å². The molecule has 0 aliphatic carbocycles. The Hall–Kier alpha value is -2.04. The highest BCUT2D eigenvalue weighted by atomic mass is 16.5. The number of methoxy groups -OCH3 is 1. The lowest BCUT2D eigenvalue weighted by molar-refractivity contribution is 0.223. The molecule has 4 nitrogen and oxygen atoms in total. The molecule has 1 aliphatic heterocycles. The van der Waals surface area contributed by atoms with E-state index < -0.39 is 0 Å². The molecule has 0 radical (unpaired) electrons. The van der Waals surface area contributed by atoms with Crippen molar-refractivity contribution in [2.75, 3.05) is 39.2 Å². The number of hydrogen-bond donors (Lipinski definition) is 1. The fourth-order valence-corrected chi connectivity index (χ4v) is 3.58. The lowest BCUT2D eigenvalue weighted by Crippen LogP contribution is -2.29. The molecule has 0 bridgehead atoms. The molecule has 1 aliphatic rings. The molecule has 0 saturated heterocycles. The van der Waals surface area contributed by atoms with Gasteiger partial charge in [0.05, 0.1) is 7.11 Å². The van der Waals surface area contributed by atoms with Crippen molar-refractivity contribution in [3.8, 4) is 5.75 Å². The van der Waals surface area contributed by atoms with Gasteiger partial charge in [-0.2, -0.15) is 0 Å². The average molecular weight is 325 g/mol. The second-order valence-corrected chi connectivity index (χ2v) is 6.56. The van der Waals surface area contributed by atoms with Crippen molar-refractivity contribution < 1.29 is 4.74 Å². The summed E-state index contributed by atoms with van der Waals surface area (Å²) in [5.41, 5.74) is 11.5. The number of rotatable bonds is 6. The van der Waals surface area contributed by atoms with Gasteiger partial charge in [-0.15, -0.1) is 0 Å². The maximum atomic E-state index is 6.10. The van der Waals surface area contributed by atoms with E-state index in [1.807, 2.05) is 12.1 Å². The van der Waals surface area contributed by atoms with E-state index in [1.54, 1.807) is 7.11 Å². The lowest BCUT2D eigenvalue weighted by atomic mass is 10.0. The molecule has 1 atom stereocenters. The van der Waals surface area contributed by atoms with Crippen LogP contribution in [-0.2, 0) is 13.0 Å². The van der Waals surface area contributed by atoms with Crippen LogP contribution in [-0.4, -0.2) is 39.2 Å². The number of nitrogens with zero attached hydrogens (tertiary/aromatic N) is 2. The van der Waals surface area contributed by atoms with Crippen molar-refractivity contribution in [2.45, 2.75) is 19.0 Å². The SMILES string of the molecule is COc1ccc(CCN2Cc3c(cccc3N(C)C)C2CN)cc1. The van der Waals surface area contributed by atoms with Crippen LogP contribution in [0.2, 0.25) is 0 Å². The fourth-order valence-electron chi connectivity index (χ4n) is 3.58. The van der Waals surface area contributed by atoms with E-state index in [4.69, 9.17) is 10.5 Å². The standard InChI is InChI=1S/C20H27N3O/c1-22(2)19-6-4-5-17-18(19)14-23(20(17)13-21)12-11-15-7-9-16(24-3)10-8-15/h4-10,20H,11-14,21H2,1-3H3. The smallest absolute Gasteiger partial charge is 0.118 e. The monoisotopic (exact) mass is 325 g/mol. The Morgan fingerprint density at radius 3 is 2.54 bits per heavy atom. The number of benzene rings is 2. The Bertz CT molecular complexity index is 682. The molecule has 0 fully saturated rings. The fraction of sp³-hybridized carbons (Fsp3) is 0.400. The summed E-state index contributed by atoms with van der Waals surface area (Å²) in [4.78, 5) is 4.70. The minimum atomic E-state index is 0.318. The Kier molecular flexibility index (Phi) is 5.07. The summed E-state index contributed by atoms with van der Waals surface area (Å²) in [6, 6.07) is 15.2. The van der Waals surface area contributed by atoms with Crippen molar-refractivity contribution in [2.24, 2.45) is 5.73 Å². The lowest BCUT2D eigenvalue weighted by Gasteiger charge is -2.23. The number of fused-ring (bicyclic) bond motifs is 1. The van der Waals surface area contributed by atoms with Gasteiger partial charge in [0.15, 0.2) is 0 Å². The minimum Gasteiger partial charge on any atom is -0.497 e. The summed E-state index contributed by atoms with van der Waals surface area (Å²) in [7, 11) is 5.91. The van der Waals surface area contributed by atoms with Gasteiger partial charge in [0.25, 0.3) is 0 Å². The summed E-state index contributed by atoms with van der Waals surface area (Å²) in [6.45, 7) is 2.64. The normalized spacial score (nSPS) is 16.9. The second-order valence-electron chi connectivity index (χ2n) is 6.56. The summed E-state index contributed by atoms with van der Waals surface area (Å²) in [5.74, 6) is 0.905. The summed E-state index contributed by atoms with van der Waals surface area (Å²) in [6.07, 6.45) is 1.02. The highest BCUT2D eigenvalue weighted by Crippen LogP contribution is 2.38. The molecule has 0 spiro atoms. The molecule has 0 amide bonds. The van der Waals surface area contributed by atoms with Crippen LogP contribution in [0.4, 0.5) is 5.69 Å². The molecule has 3 rings (SSSR count). The van der Waals surface area contributed by atoms with Crippen molar-refractivity contribution in [3.05, 3.63) is 59.2 Å². The first-order valence-electron chi connectivity index (χ1n) is 8.50. The molecule has 2 N–H and O–H groups in total. The van der Waals surface area contributed by atoms with Crippen LogP contribution in [0.1, 0.15) is 22.7 Å². The summed E-state index contributed by atoms with van der Waals surface area (Å²) < 4.78 is 5.23. The van der Waals surface area contributed by atoms with Crippen LogP contribution < -0.4 is 15.4 Å². The topological polar surface area (TPSA) is 41.7 Å². The first kappa shape index (κ1) is 16.8. The van der Waals surface area contributed by atoms with Crippen molar-refractivity contribution in [3.63, 3.8) is 0 Å². The van der Waals surface area contributed by atoms with E-state index in [-0.39, 0.29) is 0 Å². The van der Waals surface area contributed by atoms with E-state index >= 15 is 0 Å². The zero-order chi connectivity index (χ0) is 17.1. The van der Waals surface area contributed by atoms with E-state index in [0.29, 0.717) is 12.6 Å². The van der Waals surface area contributed by atoms with E-state index in [1.165, 1.54) is 22.4 Å². The number of nitrogens with two attached hydrogens (primary N) is 1. The maximum absolute atomic E-state index is 6.10. The van der Waals surface area contributed by atoms with Crippen molar-refractivity contribution in [1.29, 1.82) is 0 Å². The summed E-state index contributed by atoms with van der Waals surface area (Å²) in [5, 5.41) is 0. The highest BCUT2D eigenvalue weighted by Gasteiger charge is 2.30. The number of hydrogen-bond acceptors (Lipinski definition) is 4. The van der Waals surface area contributed by atoms with Crippen LogP contribution in [0.15, 0.2) is 42.5 Å². The third kappa shape index (κ3) is 3.25. The summed E-state index contributed by atoms with van der Waals surface area (Å²) >= 11 is 0. The first-order chi connectivity index (χ1) is 11.6. The maximum Gasteiger partial charge on any atom is 0.118 e. The molecule has 0 aromatic heterocycles.